The second-order valence-corrected chi connectivity index (χ2v) is 10.5. The molecule has 0 radical (unpaired) electrons. The Bertz CT molecular complexity index is 1090. The van der Waals surface area contributed by atoms with E-state index in [1.807, 2.05) is 0 Å². The second-order valence-electron chi connectivity index (χ2n) is 10.5. The van der Waals surface area contributed by atoms with E-state index in [0.29, 0.717) is 60.9 Å². The molecule has 2 aliphatic rings. The normalized spacial score (nSPS) is 19.4. The maximum Gasteiger partial charge on any atom is 0.255 e. The summed E-state index contributed by atoms with van der Waals surface area (Å²) >= 11 is 0. The maximum atomic E-state index is 15.2. The van der Waals surface area contributed by atoms with Crippen molar-refractivity contribution in [2.75, 3.05) is 32.8 Å². The van der Waals surface area contributed by atoms with Crippen LogP contribution in [0.2, 0.25) is 0 Å². The molecule has 2 fully saturated rings. The number of benzene rings is 2. The van der Waals surface area contributed by atoms with Crippen molar-refractivity contribution < 1.29 is 23.1 Å². The van der Waals surface area contributed by atoms with Crippen molar-refractivity contribution in [2.24, 2.45) is 11.7 Å². The summed E-state index contributed by atoms with van der Waals surface area (Å²) in [5.41, 5.74) is 5.37. The van der Waals surface area contributed by atoms with Crippen LogP contribution in [0.4, 0.5) is 8.78 Å². The third kappa shape index (κ3) is 6.22. The first-order valence-corrected chi connectivity index (χ1v) is 12.7. The Kier molecular flexibility index (Phi) is 7.93. The number of primary amides is 1. The minimum absolute atomic E-state index is 0.295. The first-order valence-electron chi connectivity index (χ1n) is 12.7. The molecule has 6 nitrogen and oxygen atoms in total. The van der Waals surface area contributed by atoms with Crippen LogP contribution < -0.4 is 10.5 Å². The zero-order valence-electron chi connectivity index (χ0n) is 21.0. The molecular formula is C28H35F2N3O3. The monoisotopic (exact) mass is 499 g/mol. The summed E-state index contributed by atoms with van der Waals surface area (Å²) in [4.78, 5) is 28.7. The lowest BCUT2D eigenvalue weighted by Gasteiger charge is -2.34. The lowest BCUT2D eigenvalue weighted by atomic mass is 9.96. The van der Waals surface area contributed by atoms with Gasteiger partial charge in [-0.3, -0.25) is 9.59 Å². The molecule has 8 heteroatoms. The first-order chi connectivity index (χ1) is 17.1. The summed E-state index contributed by atoms with van der Waals surface area (Å²) in [7, 11) is 0. The zero-order valence-corrected chi connectivity index (χ0v) is 21.0. The van der Waals surface area contributed by atoms with Crippen LogP contribution in [0.15, 0.2) is 42.5 Å². The van der Waals surface area contributed by atoms with E-state index >= 15 is 4.39 Å². The summed E-state index contributed by atoms with van der Waals surface area (Å²) in [6.07, 6.45) is 3.06. The molecule has 194 valence electrons. The average Bonchev–Trinajstić information content (AvgIpc) is 3.33. The van der Waals surface area contributed by atoms with Crippen molar-refractivity contribution in [3.05, 3.63) is 53.8 Å². The Morgan fingerprint density at radius 1 is 1.06 bits per heavy atom. The number of carbonyl (C=O) groups is 2. The van der Waals surface area contributed by atoms with Crippen molar-refractivity contribution in [3.8, 4) is 16.9 Å². The van der Waals surface area contributed by atoms with Crippen LogP contribution in [0.3, 0.4) is 0 Å². The fourth-order valence-corrected chi connectivity index (χ4v) is 5.23. The Labute approximate surface area is 211 Å². The summed E-state index contributed by atoms with van der Waals surface area (Å²) in [5.74, 6) is -0.567. The Hall–Kier alpha value is -3.00. The predicted molar refractivity (Wildman–Crippen MR) is 135 cm³/mol. The topological polar surface area (TPSA) is 75.9 Å². The summed E-state index contributed by atoms with van der Waals surface area (Å²) in [6.45, 7) is 6.20. The number of alkyl halides is 1. The van der Waals surface area contributed by atoms with Gasteiger partial charge in [0.25, 0.3) is 5.91 Å². The molecule has 2 heterocycles. The van der Waals surface area contributed by atoms with Gasteiger partial charge >= 0.3 is 0 Å². The van der Waals surface area contributed by atoms with Crippen LogP contribution in [0, 0.1) is 11.7 Å². The zero-order chi connectivity index (χ0) is 25.9. The van der Waals surface area contributed by atoms with Gasteiger partial charge in [0.15, 0.2) is 0 Å². The summed E-state index contributed by atoms with van der Waals surface area (Å²) in [5, 5.41) is 0. The van der Waals surface area contributed by atoms with Gasteiger partial charge < -0.3 is 20.3 Å². The molecule has 4 rings (SSSR count). The second kappa shape index (κ2) is 10.9. The number of hydrogen-bond acceptors (Lipinski definition) is 4. The minimum atomic E-state index is -1.20. The summed E-state index contributed by atoms with van der Waals surface area (Å²) in [6, 6.07) is 10.9. The largest absolute Gasteiger partial charge is 0.493 e. The highest BCUT2D eigenvalue weighted by molar-refractivity contribution is 6.03. The van der Waals surface area contributed by atoms with E-state index in [1.54, 1.807) is 50.2 Å². The van der Waals surface area contributed by atoms with Gasteiger partial charge in [-0.2, -0.15) is 0 Å². The van der Waals surface area contributed by atoms with Crippen molar-refractivity contribution in [1.29, 1.82) is 0 Å². The molecule has 2 N–H and O–H groups in total. The molecule has 0 aromatic heterocycles. The fraction of sp³-hybridized carbons (Fsp3) is 0.500. The molecule has 36 heavy (non-hydrogen) atoms. The number of ether oxygens (including phenoxy) is 1. The SMILES string of the molecule is CC(C)(F)CN1CCC(COc2ccc(-c3ccccc3C(=O)N3CCCC3C(N)=O)c(F)c2)CC1. The van der Waals surface area contributed by atoms with Crippen LogP contribution in [0.1, 0.15) is 49.9 Å². The van der Waals surface area contributed by atoms with Crippen LogP contribution in [-0.4, -0.2) is 66.1 Å². The van der Waals surface area contributed by atoms with Gasteiger partial charge in [0.05, 0.1) is 6.61 Å². The molecule has 2 aromatic rings. The molecule has 2 aromatic carbocycles. The molecule has 2 amide bonds. The van der Waals surface area contributed by atoms with Gasteiger partial charge in [-0.05, 0) is 82.3 Å². The summed E-state index contributed by atoms with van der Waals surface area (Å²) < 4.78 is 35.0. The Morgan fingerprint density at radius 2 is 1.78 bits per heavy atom. The van der Waals surface area contributed by atoms with Gasteiger partial charge in [0, 0.05) is 30.3 Å². The van der Waals surface area contributed by atoms with E-state index in [0.717, 1.165) is 25.9 Å². The number of piperidine rings is 1. The molecule has 0 bridgehead atoms. The first kappa shape index (κ1) is 26.1. The predicted octanol–water partition coefficient (Wildman–Crippen LogP) is 4.42. The van der Waals surface area contributed by atoms with Gasteiger partial charge in [-0.1, -0.05) is 18.2 Å². The third-order valence-corrected chi connectivity index (χ3v) is 7.02. The van der Waals surface area contributed by atoms with E-state index in [4.69, 9.17) is 10.5 Å². The number of nitrogens with two attached hydrogens (primary N) is 1. The Morgan fingerprint density at radius 3 is 2.44 bits per heavy atom. The smallest absolute Gasteiger partial charge is 0.255 e. The van der Waals surface area contributed by atoms with Crippen LogP contribution >= 0.6 is 0 Å². The van der Waals surface area contributed by atoms with Crippen LogP contribution in [0.25, 0.3) is 11.1 Å². The number of amides is 2. The van der Waals surface area contributed by atoms with Gasteiger partial charge in [0.2, 0.25) is 5.91 Å². The van der Waals surface area contributed by atoms with Crippen molar-refractivity contribution in [2.45, 2.75) is 51.2 Å². The minimum Gasteiger partial charge on any atom is -0.493 e. The number of nitrogens with zero attached hydrogens (tertiary/aromatic N) is 2. The van der Waals surface area contributed by atoms with Crippen molar-refractivity contribution >= 4 is 11.8 Å². The molecule has 1 atom stereocenters. The van der Waals surface area contributed by atoms with Crippen molar-refractivity contribution in [3.63, 3.8) is 0 Å². The lowest BCUT2D eigenvalue weighted by molar-refractivity contribution is -0.121. The highest BCUT2D eigenvalue weighted by atomic mass is 19.1. The molecule has 2 aliphatic heterocycles. The molecule has 0 aliphatic carbocycles. The van der Waals surface area contributed by atoms with E-state index in [9.17, 15) is 14.0 Å². The van der Waals surface area contributed by atoms with E-state index in [-0.39, 0.29) is 5.91 Å². The lowest BCUT2D eigenvalue weighted by Crippen LogP contribution is -2.43. The molecule has 0 saturated carbocycles. The fourth-order valence-electron chi connectivity index (χ4n) is 5.23. The average molecular weight is 500 g/mol. The number of carbonyl (C=O) groups excluding carboxylic acids is 2. The maximum absolute atomic E-state index is 15.2. The molecule has 2 saturated heterocycles. The Balaban J connectivity index is 1.42. The highest BCUT2D eigenvalue weighted by Gasteiger charge is 2.34. The van der Waals surface area contributed by atoms with Crippen LogP contribution in [0.5, 0.6) is 5.75 Å². The van der Waals surface area contributed by atoms with Gasteiger partial charge in [0.1, 0.15) is 23.3 Å². The third-order valence-electron chi connectivity index (χ3n) is 7.02. The van der Waals surface area contributed by atoms with E-state index < -0.39 is 23.4 Å². The molecule has 1 unspecified atom stereocenters. The molecular weight excluding hydrogens is 464 g/mol. The number of rotatable bonds is 8. The van der Waals surface area contributed by atoms with Crippen LogP contribution in [-0.2, 0) is 4.79 Å². The number of halogens is 2. The molecule has 0 spiro atoms. The number of likely N-dealkylation sites (tertiary alicyclic amines) is 2. The number of hydrogen-bond donors (Lipinski definition) is 1. The quantitative estimate of drug-likeness (QED) is 0.583. The highest BCUT2D eigenvalue weighted by Crippen LogP contribution is 2.32. The van der Waals surface area contributed by atoms with E-state index in [2.05, 4.69) is 4.90 Å². The van der Waals surface area contributed by atoms with Crippen molar-refractivity contribution in [1.82, 2.24) is 9.80 Å². The standard InChI is InChI=1S/C28H35F2N3O3/c1-28(2,30)18-32-14-11-19(12-15-32)17-36-20-9-10-22(24(29)16-20)21-6-3-4-7-23(21)27(35)33-13-5-8-25(33)26(31)34/h3-4,6-7,9-10,16,19,25H,5,8,11-15,17-18H2,1-2H3,(H2,31,34). The van der Waals surface area contributed by atoms with E-state index in [1.165, 1.54) is 11.0 Å². The van der Waals surface area contributed by atoms with Gasteiger partial charge in [-0.25, -0.2) is 8.78 Å². The van der Waals surface area contributed by atoms with Gasteiger partial charge in [-0.15, -0.1) is 0 Å².